The number of amides is 1. The lowest BCUT2D eigenvalue weighted by Gasteiger charge is -2.25. The molecule has 0 aromatic heterocycles. The number of carbonyl (C=O) groups excluding carboxylic acids is 1. The Morgan fingerprint density at radius 3 is 2.13 bits per heavy atom. The number of rotatable bonds is 6. The second-order valence-corrected chi connectivity index (χ2v) is 4.70. The second-order valence-electron chi connectivity index (χ2n) is 4.70. The Hall–Kier alpha value is -2.86. The highest BCUT2D eigenvalue weighted by Crippen LogP contribution is 2.22. The minimum atomic E-state index is -1.29. The first-order valence-corrected chi connectivity index (χ1v) is 6.95. The van der Waals surface area contributed by atoms with E-state index in [2.05, 4.69) is 0 Å². The zero-order valence-electron chi connectivity index (χ0n) is 12.6. The van der Waals surface area contributed by atoms with Crippen LogP contribution in [0.5, 0.6) is 0 Å². The van der Waals surface area contributed by atoms with Gasteiger partial charge >= 0.3 is 12.1 Å². The molecule has 0 heterocycles. The van der Waals surface area contributed by atoms with Gasteiger partial charge in [0, 0.05) is 0 Å². The average molecular weight is 315 g/mol. The second kappa shape index (κ2) is 7.95. The van der Waals surface area contributed by atoms with Crippen molar-refractivity contribution in [2.24, 2.45) is 0 Å². The average Bonchev–Trinajstić information content (AvgIpc) is 2.58. The molecule has 0 fully saturated rings. The summed E-state index contributed by atoms with van der Waals surface area (Å²) in [4.78, 5) is 28.7. The summed E-state index contributed by atoms with van der Waals surface area (Å²) in [5.41, 5.74) is 1.21. The van der Waals surface area contributed by atoms with E-state index in [4.69, 9.17) is 9.57 Å². The Bertz CT molecular complexity index is 645. The number of carboxylic acids is 1. The number of nitrogens with zero attached hydrogens (tertiary/aromatic N) is 1. The number of ether oxygens (including phenoxy) is 1. The van der Waals surface area contributed by atoms with E-state index < -0.39 is 18.1 Å². The number of hydrogen-bond acceptors (Lipinski definition) is 4. The molecule has 0 saturated carbocycles. The molecule has 2 aromatic carbocycles. The van der Waals surface area contributed by atoms with E-state index in [0.717, 1.165) is 5.56 Å². The zero-order valence-corrected chi connectivity index (χ0v) is 12.6. The van der Waals surface area contributed by atoms with Crippen LogP contribution in [0.2, 0.25) is 0 Å². The third-order valence-corrected chi connectivity index (χ3v) is 3.17. The zero-order chi connectivity index (χ0) is 16.7. The van der Waals surface area contributed by atoms with Crippen molar-refractivity contribution in [3.8, 4) is 0 Å². The molecule has 2 rings (SSSR count). The van der Waals surface area contributed by atoms with Crippen molar-refractivity contribution in [3.05, 3.63) is 71.8 Å². The number of benzene rings is 2. The van der Waals surface area contributed by atoms with E-state index in [9.17, 15) is 14.7 Å². The van der Waals surface area contributed by atoms with Crippen LogP contribution >= 0.6 is 0 Å². The Morgan fingerprint density at radius 1 is 1.04 bits per heavy atom. The highest BCUT2D eigenvalue weighted by molar-refractivity contribution is 5.80. The van der Waals surface area contributed by atoms with Crippen molar-refractivity contribution in [2.45, 2.75) is 12.6 Å². The summed E-state index contributed by atoms with van der Waals surface area (Å²) in [5.74, 6) is -1.21. The monoisotopic (exact) mass is 315 g/mol. The molecule has 120 valence electrons. The summed E-state index contributed by atoms with van der Waals surface area (Å²) in [6, 6.07) is 16.2. The molecule has 6 nitrogen and oxygen atoms in total. The SMILES string of the molecule is CON(C(=O)OCc1ccccc1)[C@@H](C(=O)O)c1ccccc1. The number of aliphatic carboxylic acids is 1. The highest BCUT2D eigenvalue weighted by Gasteiger charge is 2.33. The fourth-order valence-corrected chi connectivity index (χ4v) is 2.08. The van der Waals surface area contributed by atoms with Crippen LogP contribution < -0.4 is 0 Å². The summed E-state index contributed by atoms with van der Waals surface area (Å²) in [6.45, 7) is 0.0284. The molecule has 2 aromatic rings. The molecule has 1 N–H and O–H groups in total. The molecule has 0 aliphatic heterocycles. The number of carbonyl (C=O) groups is 2. The van der Waals surface area contributed by atoms with Gasteiger partial charge in [0.15, 0.2) is 6.04 Å². The maximum absolute atomic E-state index is 12.2. The maximum atomic E-state index is 12.2. The molecule has 0 aliphatic carbocycles. The lowest BCUT2D eigenvalue weighted by Crippen LogP contribution is -2.38. The fraction of sp³-hybridized carbons (Fsp3) is 0.176. The van der Waals surface area contributed by atoms with Gasteiger partial charge in [-0.1, -0.05) is 60.7 Å². The maximum Gasteiger partial charge on any atom is 0.435 e. The van der Waals surface area contributed by atoms with E-state index in [-0.39, 0.29) is 6.61 Å². The standard InChI is InChI=1S/C17H17NO5/c1-22-18(15(16(19)20)14-10-6-3-7-11-14)17(21)23-12-13-8-4-2-5-9-13/h2-11,15H,12H2,1H3,(H,19,20)/t15-/m1/s1. The van der Waals surface area contributed by atoms with Gasteiger partial charge in [0.25, 0.3) is 0 Å². The quantitative estimate of drug-likeness (QED) is 0.829. The van der Waals surface area contributed by atoms with Gasteiger partial charge in [0.2, 0.25) is 0 Å². The molecule has 0 bridgehead atoms. The Labute approximate surface area is 133 Å². The lowest BCUT2D eigenvalue weighted by molar-refractivity contribution is -0.172. The minimum Gasteiger partial charge on any atom is -0.479 e. The van der Waals surface area contributed by atoms with Crippen LogP contribution in [0.1, 0.15) is 17.2 Å². The molecule has 0 saturated heterocycles. The van der Waals surface area contributed by atoms with Crippen LogP contribution in [0.4, 0.5) is 4.79 Å². The molecular formula is C17H17NO5. The van der Waals surface area contributed by atoms with Crippen molar-refractivity contribution < 1.29 is 24.3 Å². The van der Waals surface area contributed by atoms with Gasteiger partial charge in [-0.15, -0.1) is 0 Å². The van der Waals surface area contributed by atoms with Gasteiger partial charge in [-0.2, -0.15) is 5.06 Å². The summed E-state index contributed by atoms with van der Waals surface area (Å²) < 4.78 is 5.13. The van der Waals surface area contributed by atoms with E-state index in [0.29, 0.717) is 10.6 Å². The lowest BCUT2D eigenvalue weighted by atomic mass is 10.1. The van der Waals surface area contributed by atoms with Crippen LogP contribution in [0, 0.1) is 0 Å². The molecule has 1 atom stereocenters. The number of hydroxylamine groups is 2. The van der Waals surface area contributed by atoms with Crippen molar-refractivity contribution in [1.29, 1.82) is 0 Å². The number of hydrogen-bond donors (Lipinski definition) is 1. The minimum absolute atomic E-state index is 0.0284. The molecule has 23 heavy (non-hydrogen) atoms. The van der Waals surface area contributed by atoms with Gasteiger partial charge in [-0.05, 0) is 11.1 Å². The predicted octanol–water partition coefficient (Wildman–Crippen LogP) is 3.01. The van der Waals surface area contributed by atoms with E-state index in [1.807, 2.05) is 18.2 Å². The molecule has 0 spiro atoms. The van der Waals surface area contributed by atoms with Gasteiger partial charge in [-0.25, -0.2) is 9.59 Å². The van der Waals surface area contributed by atoms with E-state index in [1.54, 1.807) is 42.5 Å². The first-order chi connectivity index (χ1) is 11.1. The summed E-state index contributed by atoms with van der Waals surface area (Å²) in [7, 11) is 1.22. The topological polar surface area (TPSA) is 76.1 Å². The van der Waals surface area contributed by atoms with Crippen molar-refractivity contribution >= 4 is 12.1 Å². The third kappa shape index (κ3) is 4.31. The Kier molecular flexibility index (Phi) is 5.71. The van der Waals surface area contributed by atoms with Crippen molar-refractivity contribution in [3.63, 3.8) is 0 Å². The smallest absolute Gasteiger partial charge is 0.435 e. The molecule has 0 unspecified atom stereocenters. The largest absolute Gasteiger partial charge is 0.479 e. The fourth-order valence-electron chi connectivity index (χ4n) is 2.08. The van der Waals surface area contributed by atoms with Gasteiger partial charge < -0.3 is 9.84 Å². The van der Waals surface area contributed by atoms with Crippen molar-refractivity contribution in [1.82, 2.24) is 5.06 Å². The van der Waals surface area contributed by atoms with Crippen LogP contribution in [0.3, 0.4) is 0 Å². The van der Waals surface area contributed by atoms with E-state index in [1.165, 1.54) is 7.11 Å². The molecule has 0 aliphatic rings. The first kappa shape index (κ1) is 16.5. The first-order valence-electron chi connectivity index (χ1n) is 6.95. The summed E-state index contributed by atoms with van der Waals surface area (Å²) in [6.07, 6.45) is -0.868. The van der Waals surface area contributed by atoms with E-state index >= 15 is 0 Å². The van der Waals surface area contributed by atoms with Crippen LogP contribution in [0.15, 0.2) is 60.7 Å². The van der Waals surface area contributed by atoms with Gasteiger partial charge in [0.05, 0.1) is 7.11 Å². The molecule has 6 heteroatoms. The molecular weight excluding hydrogens is 298 g/mol. The highest BCUT2D eigenvalue weighted by atomic mass is 16.7. The third-order valence-electron chi connectivity index (χ3n) is 3.17. The summed E-state index contributed by atoms with van der Waals surface area (Å²) >= 11 is 0. The van der Waals surface area contributed by atoms with Gasteiger partial charge in [-0.3, -0.25) is 4.84 Å². The Morgan fingerprint density at radius 2 is 1.61 bits per heavy atom. The molecule has 0 radical (unpaired) electrons. The molecule has 1 amide bonds. The normalized spacial score (nSPS) is 11.5. The van der Waals surface area contributed by atoms with Crippen LogP contribution in [0.25, 0.3) is 0 Å². The summed E-state index contributed by atoms with van der Waals surface area (Å²) in [5, 5.41) is 10.1. The van der Waals surface area contributed by atoms with Crippen molar-refractivity contribution in [2.75, 3.05) is 7.11 Å². The van der Waals surface area contributed by atoms with Gasteiger partial charge in [0.1, 0.15) is 6.61 Å². The number of carboxylic acid groups (broad SMARTS) is 1. The van der Waals surface area contributed by atoms with Crippen LogP contribution in [-0.4, -0.2) is 29.3 Å². The predicted molar refractivity (Wildman–Crippen MR) is 82.3 cm³/mol. The van der Waals surface area contributed by atoms with Crippen LogP contribution in [-0.2, 0) is 21.0 Å². The Balaban J connectivity index is 2.12.